The number of aryl methyl sites for hydroxylation is 2. The van der Waals surface area contributed by atoms with Crippen molar-refractivity contribution < 1.29 is 0 Å². The van der Waals surface area contributed by atoms with Crippen LogP contribution in [0.4, 0.5) is 0 Å². The minimum Gasteiger partial charge on any atom is -0.346 e. The fourth-order valence-corrected chi connectivity index (χ4v) is 2.69. The molecular formula is C15H22N2. The number of fused-ring (bicyclic) bond motifs is 1. The van der Waals surface area contributed by atoms with E-state index in [9.17, 15) is 0 Å². The summed E-state index contributed by atoms with van der Waals surface area (Å²) in [5, 5.41) is 1.36. The Kier molecular flexibility index (Phi) is 2.98. The summed E-state index contributed by atoms with van der Waals surface area (Å²) in [6, 6.07) is 2.25. The van der Waals surface area contributed by atoms with E-state index < -0.39 is 0 Å². The lowest BCUT2D eigenvalue weighted by molar-refractivity contribution is 0.747. The lowest BCUT2D eigenvalue weighted by Crippen LogP contribution is -1.99. The van der Waals surface area contributed by atoms with Gasteiger partial charge in [0.15, 0.2) is 0 Å². The topological polar surface area (TPSA) is 17.8 Å². The maximum atomic E-state index is 4.56. The standard InChI is InChI=1S/C15H22N2/c1-9(2)13-7-12-11(5)15(10(3)4)17(6)14(12)8-16-13/h7-10H,1-6H3. The normalized spacial score (nSPS) is 12.0. The smallest absolute Gasteiger partial charge is 0.0669 e. The quantitative estimate of drug-likeness (QED) is 0.758. The van der Waals surface area contributed by atoms with Gasteiger partial charge >= 0.3 is 0 Å². The van der Waals surface area contributed by atoms with Gasteiger partial charge in [0.25, 0.3) is 0 Å². The zero-order valence-corrected chi connectivity index (χ0v) is 11.7. The van der Waals surface area contributed by atoms with Gasteiger partial charge in [-0.2, -0.15) is 0 Å². The number of rotatable bonds is 2. The minimum atomic E-state index is 0.488. The molecule has 17 heavy (non-hydrogen) atoms. The van der Waals surface area contributed by atoms with Gasteiger partial charge < -0.3 is 4.57 Å². The van der Waals surface area contributed by atoms with Crippen molar-refractivity contribution in [3.05, 3.63) is 29.2 Å². The van der Waals surface area contributed by atoms with Crippen molar-refractivity contribution in [1.82, 2.24) is 9.55 Å². The van der Waals surface area contributed by atoms with Gasteiger partial charge in [0.1, 0.15) is 0 Å². The van der Waals surface area contributed by atoms with Gasteiger partial charge in [0.05, 0.1) is 11.7 Å². The third kappa shape index (κ3) is 1.86. The molecule has 0 aliphatic rings. The molecule has 0 spiro atoms. The summed E-state index contributed by atoms with van der Waals surface area (Å²) < 4.78 is 2.28. The van der Waals surface area contributed by atoms with Crippen molar-refractivity contribution in [1.29, 1.82) is 0 Å². The SMILES string of the molecule is Cc1c(C(C)C)n(C)c2cnc(C(C)C)cc12. The molecule has 0 aliphatic heterocycles. The van der Waals surface area contributed by atoms with Crippen LogP contribution in [-0.2, 0) is 7.05 Å². The van der Waals surface area contributed by atoms with Crippen molar-refractivity contribution in [2.45, 2.75) is 46.5 Å². The predicted octanol–water partition coefficient (Wildman–Crippen LogP) is 4.13. The van der Waals surface area contributed by atoms with E-state index in [0.29, 0.717) is 11.8 Å². The van der Waals surface area contributed by atoms with Crippen LogP contribution >= 0.6 is 0 Å². The average Bonchev–Trinajstić information content (AvgIpc) is 2.51. The molecule has 0 bridgehead atoms. The van der Waals surface area contributed by atoms with Crippen LogP contribution in [0.1, 0.15) is 56.5 Å². The molecule has 0 unspecified atom stereocenters. The predicted molar refractivity (Wildman–Crippen MR) is 73.6 cm³/mol. The van der Waals surface area contributed by atoms with Crippen LogP contribution in [0.5, 0.6) is 0 Å². The third-order valence-corrected chi connectivity index (χ3v) is 3.55. The van der Waals surface area contributed by atoms with Gasteiger partial charge in [-0.3, -0.25) is 4.98 Å². The van der Waals surface area contributed by atoms with E-state index in [1.807, 2.05) is 6.20 Å². The van der Waals surface area contributed by atoms with Crippen LogP contribution in [0.15, 0.2) is 12.3 Å². The Morgan fingerprint density at radius 1 is 1.12 bits per heavy atom. The molecule has 2 aromatic heterocycles. The lowest BCUT2D eigenvalue weighted by Gasteiger charge is -2.08. The van der Waals surface area contributed by atoms with E-state index in [0.717, 1.165) is 0 Å². The molecule has 2 aromatic rings. The molecule has 0 atom stereocenters. The third-order valence-electron chi connectivity index (χ3n) is 3.55. The Balaban J connectivity index is 2.75. The van der Waals surface area contributed by atoms with Crippen molar-refractivity contribution in [3.63, 3.8) is 0 Å². The number of aromatic nitrogens is 2. The van der Waals surface area contributed by atoms with Crippen molar-refractivity contribution in [2.24, 2.45) is 7.05 Å². The molecule has 2 heterocycles. The van der Waals surface area contributed by atoms with Gasteiger partial charge in [-0.1, -0.05) is 27.7 Å². The molecule has 0 fully saturated rings. The summed E-state index contributed by atoms with van der Waals surface area (Å²) in [7, 11) is 2.14. The first-order valence-electron chi connectivity index (χ1n) is 6.38. The monoisotopic (exact) mass is 230 g/mol. The molecule has 92 valence electrons. The molecule has 0 saturated carbocycles. The molecule has 0 aliphatic carbocycles. The van der Waals surface area contributed by atoms with E-state index in [1.54, 1.807) is 0 Å². The highest BCUT2D eigenvalue weighted by Crippen LogP contribution is 2.30. The second-order valence-corrected chi connectivity index (χ2v) is 5.50. The molecule has 2 heteroatoms. The average molecular weight is 230 g/mol. The van der Waals surface area contributed by atoms with Crippen LogP contribution in [0.2, 0.25) is 0 Å². The van der Waals surface area contributed by atoms with Crippen LogP contribution in [0, 0.1) is 6.92 Å². The zero-order valence-electron chi connectivity index (χ0n) is 11.7. The van der Waals surface area contributed by atoms with Crippen LogP contribution in [-0.4, -0.2) is 9.55 Å². The summed E-state index contributed by atoms with van der Waals surface area (Å²) in [5.41, 5.74) is 5.25. The first-order chi connectivity index (χ1) is 7.93. The van der Waals surface area contributed by atoms with E-state index in [1.165, 1.54) is 27.9 Å². The number of hydrogen-bond donors (Lipinski definition) is 0. The molecule has 0 N–H and O–H groups in total. The molecule has 2 rings (SSSR count). The lowest BCUT2D eigenvalue weighted by atomic mass is 10.0. The second-order valence-electron chi connectivity index (χ2n) is 5.50. The van der Waals surface area contributed by atoms with Crippen LogP contribution < -0.4 is 0 Å². The molecular weight excluding hydrogens is 208 g/mol. The van der Waals surface area contributed by atoms with Gasteiger partial charge in [0, 0.05) is 23.8 Å². The highest BCUT2D eigenvalue weighted by molar-refractivity contribution is 5.85. The zero-order chi connectivity index (χ0) is 12.7. The largest absolute Gasteiger partial charge is 0.346 e. The van der Waals surface area contributed by atoms with E-state index in [2.05, 4.69) is 57.3 Å². The van der Waals surface area contributed by atoms with E-state index >= 15 is 0 Å². The maximum Gasteiger partial charge on any atom is 0.0669 e. The van der Waals surface area contributed by atoms with Gasteiger partial charge in [0.2, 0.25) is 0 Å². The fourth-order valence-electron chi connectivity index (χ4n) is 2.69. The van der Waals surface area contributed by atoms with E-state index in [4.69, 9.17) is 0 Å². The highest BCUT2D eigenvalue weighted by Gasteiger charge is 2.15. The van der Waals surface area contributed by atoms with Crippen LogP contribution in [0.25, 0.3) is 10.9 Å². The molecule has 0 saturated heterocycles. The molecule has 2 nitrogen and oxygen atoms in total. The van der Waals surface area contributed by atoms with Crippen LogP contribution in [0.3, 0.4) is 0 Å². The van der Waals surface area contributed by atoms with Gasteiger partial charge in [-0.15, -0.1) is 0 Å². The van der Waals surface area contributed by atoms with Gasteiger partial charge in [-0.25, -0.2) is 0 Å². The highest BCUT2D eigenvalue weighted by atomic mass is 15.0. The molecule has 0 radical (unpaired) electrons. The first kappa shape index (κ1) is 12.2. The summed E-state index contributed by atoms with van der Waals surface area (Å²) in [6.07, 6.45) is 2.02. The van der Waals surface area contributed by atoms with Crippen molar-refractivity contribution in [3.8, 4) is 0 Å². The van der Waals surface area contributed by atoms with Gasteiger partial charge in [-0.05, 0) is 30.4 Å². The Hall–Kier alpha value is -1.31. The second kappa shape index (κ2) is 4.17. The Morgan fingerprint density at radius 2 is 1.76 bits per heavy atom. The molecule has 0 aromatic carbocycles. The fraction of sp³-hybridized carbons (Fsp3) is 0.533. The number of pyridine rings is 1. The molecule has 0 amide bonds. The summed E-state index contributed by atoms with van der Waals surface area (Å²) in [6.45, 7) is 11.1. The Morgan fingerprint density at radius 3 is 2.29 bits per heavy atom. The Labute approximate surface area is 104 Å². The van der Waals surface area contributed by atoms with Crippen molar-refractivity contribution >= 4 is 10.9 Å². The minimum absolute atomic E-state index is 0.488. The summed E-state index contributed by atoms with van der Waals surface area (Å²) in [4.78, 5) is 4.56. The number of nitrogens with zero attached hydrogens (tertiary/aromatic N) is 2. The summed E-state index contributed by atoms with van der Waals surface area (Å²) in [5.74, 6) is 1.04. The van der Waals surface area contributed by atoms with E-state index in [-0.39, 0.29) is 0 Å². The Bertz CT molecular complexity index is 548. The first-order valence-corrected chi connectivity index (χ1v) is 6.38. The maximum absolute atomic E-state index is 4.56. The van der Waals surface area contributed by atoms with Crippen molar-refractivity contribution in [2.75, 3.05) is 0 Å². The summed E-state index contributed by atoms with van der Waals surface area (Å²) >= 11 is 0. The number of hydrogen-bond acceptors (Lipinski definition) is 1.